The summed E-state index contributed by atoms with van der Waals surface area (Å²) in [6.07, 6.45) is 3.83. The van der Waals surface area contributed by atoms with Crippen molar-refractivity contribution in [3.05, 3.63) is 48.0 Å². The van der Waals surface area contributed by atoms with Crippen LogP contribution >= 0.6 is 0 Å². The molecule has 0 saturated carbocycles. The molecule has 19 heavy (non-hydrogen) atoms. The van der Waals surface area contributed by atoms with E-state index in [1.807, 2.05) is 56.3 Å². The summed E-state index contributed by atoms with van der Waals surface area (Å²) in [5, 5.41) is 10.3. The van der Waals surface area contributed by atoms with Crippen LogP contribution in [0.25, 0.3) is 0 Å². The summed E-state index contributed by atoms with van der Waals surface area (Å²) in [5.41, 5.74) is 0.232. The average Bonchev–Trinajstić information content (AvgIpc) is 2.62. The third-order valence-electron chi connectivity index (χ3n) is 4.02. The summed E-state index contributed by atoms with van der Waals surface area (Å²) >= 11 is 0. The normalized spacial score (nSPS) is 40.6. The molecule has 102 valence electrons. The zero-order valence-corrected chi connectivity index (χ0v) is 11.4. The maximum atomic E-state index is 10.3. The van der Waals surface area contributed by atoms with Gasteiger partial charge in [0.1, 0.15) is 11.7 Å². The van der Waals surface area contributed by atoms with Gasteiger partial charge in [-0.2, -0.15) is 0 Å². The summed E-state index contributed by atoms with van der Waals surface area (Å²) in [6.45, 7) is 4.48. The smallest absolute Gasteiger partial charge is 0.116 e. The monoisotopic (exact) mass is 260 g/mol. The van der Waals surface area contributed by atoms with Gasteiger partial charge in [-0.1, -0.05) is 42.5 Å². The molecule has 2 bridgehead atoms. The molecule has 0 aromatic heterocycles. The zero-order chi connectivity index (χ0) is 13.5. The molecule has 1 fully saturated rings. The van der Waals surface area contributed by atoms with Gasteiger partial charge in [0.2, 0.25) is 0 Å². The molecule has 2 aliphatic rings. The second-order valence-corrected chi connectivity index (χ2v) is 5.92. The molecule has 0 spiro atoms. The Balaban J connectivity index is 1.72. The van der Waals surface area contributed by atoms with Gasteiger partial charge < -0.3 is 14.6 Å². The van der Waals surface area contributed by atoms with Gasteiger partial charge in [-0.25, -0.2) is 0 Å². The molecule has 0 radical (unpaired) electrons. The van der Waals surface area contributed by atoms with E-state index in [9.17, 15) is 5.11 Å². The fourth-order valence-electron chi connectivity index (χ4n) is 3.12. The van der Waals surface area contributed by atoms with Gasteiger partial charge in [-0.15, -0.1) is 0 Å². The highest BCUT2D eigenvalue weighted by Gasteiger charge is 2.53. The Morgan fingerprint density at radius 3 is 2.74 bits per heavy atom. The molecule has 3 nitrogen and oxygen atoms in total. The molecule has 1 saturated heterocycles. The van der Waals surface area contributed by atoms with Crippen LogP contribution in [0.15, 0.2) is 42.5 Å². The molecule has 1 aromatic rings. The molecule has 0 unspecified atom stereocenters. The molecular weight excluding hydrogens is 240 g/mol. The lowest BCUT2D eigenvalue weighted by Gasteiger charge is -2.45. The summed E-state index contributed by atoms with van der Waals surface area (Å²) in [7, 11) is 0. The minimum absolute atomic E-state index is 0.320. The van der Waals surface area contributed by atoms with Crippen LogP contribution in [0.4, 0.5) is 0 Å². The number of aliphatic hydroxyl groups is 1. The minimum Gasteiger partial charge on any atom is -0.390 e. The van der Waals surface area contributed by atoms with Gasteiger partial charge in [0.15, 0.2) is 0 Å². The Hall–Kier alpha value is -1.16. The van der Waals surface area contributed by atoms with Crippen molar-refractivity contribution in [2.45, 2.75) is 50.3 Å². The lowest BCUT2D eigenvalue weighted by molar-refractivity contribution is -0.226. The van der Waals surface area contributed by atoms with Crippen molar-refractivity contribution in [2.75, 3.05) is 0 Å². The van der Waals surface area contributed by atoms with Crippen molar-refractivity contribution in [1.82, 2.24) is 0 Å². The molecule has 4 atom stereocenters. The van der Waals surface area contributed by atoms with E-state index < -0.39 is 11.7 Å². The largest absolute Gasteiger partial charge is 0.390 e. The summed E-state index contributed by atoms with van der Waals surface area (Å²) in [5.74, 6) is 0. The second kappa shape index (κ2) is 4.44. The van der Waals surface area contributed by atoms with Crippen molar-refractivity contribution in [3.63, 3.8) is 0 Å². The predicted molar refractivity (Wildman–Crippen MR) is 72.7 cm³/mol. The first-order valence-corrected chi connectivity index (χ1v) is 6.75. The van der Waals surface area contributed by atoms with Gasteiger partial charge in [0.25, 0.3) is 0 Å². The highest BCUT2D eigenvalue weighted by atomic mass is 16.6. The fraction of sp³-hybridized carbons (Fsp3) is 0.500. The number of fused-ring (bicyclic) bond motifs is 2. The Morgan fingerprint density at radius 1 is 1.26 bits per heavy atom. The standard InChI is InChI=1S/C16H20O3/c1-15-8-9-16(2,19-15)14(13(17)10-15)18-11-12-6-4-3-5-7-12/h3-9,13-14,17H,10-11H2,1-2H3/t13-,14-,15+,16-/m0/s1. The van der Waals surface area contributed by atoms with E-state index >= 15 is 0 Å². The number of hydrogen-bond acceptors (Lipinski definition) is 3. The van der Waals surface area contributed by atoms with Gasteiger partial charge in [0, 0.05) is 6.42 Å². The lowest BCUT2D eigenvalue weighted by atomic mass is 9.88. The van der Waals surface area contributed by atoms with Crippen LogP contribution in [0.3, 0.4) is 0 Å². The third-order valence-corrected chi connectivity index (χ3v) is 4.02. The topological polar surface area (TPSA) is 38.7 Å². The quantitative estimate of drug-likeness (QED) is 0.848. The molecular formula is C16H20O3. The predicted octanol–water partition coefficient (Wildman–Crippen LogP) is 2.44. The molecule has 2 aliphatic heterocycles. The van der Waals surface area contributed by atoms with Gasteiger partial charge in [-0.3, -0.25) is 0 Å². The van der Waals surface area contributed by atoms with Gasteiger partial charge in [0.05, 0.1) is 18.3 Å². The Morgan fingerprint density at radius 2 is 2.00 bits per heavy atom. The molecule has 2 heterocycles. The van der Waals surface area contributed by atoms with Crippen LogP contribution in [-0.2, 0) is 16.1 Å². The van der Waals surface area contributed by atoms with E-state index in [-0.39, 0.29) is 11.7 Å². The number of aliphatic hydroxyl groups excluding tert-OH is 1. The van der Waals surface area contributed by atoms with E-state index in [1.54, 1.807) is 0 Å². The lowest BCUT2D eigenvalue weighted by Crippen LogP contribution is -2.56. The highest BCUT2D eigenvalue weighted by molar-refractivity contribution is 5.23. The number of hydrogen-bond donors (Lipinski definition) is 1. The van der Waals surface area contributed by atoms with Crippen LogP contribution in [0.5, 0.6) is 0 Å². The van der Waals surface area contributed by atoms with Gasteiger partial charge in [-0.05, 0) is 19.4 Å². The van der Waals surface area contributed by atoms with E-state index in [2.05, 4.69) is 0 Å². The van der Waals surface area contributed by atoms with E-state index in [4.69, 9.17) is 9.47 Å². The summed E-state index contributed by atoms with van der Waals surface area (Å²) < 4.78 is 12.0. The van der Waals surface area contributed by atoms with Crippen LogP contribution in [0.1, 0.15) is 25.8 Å². The fourth-order valence-corrected chi connectivity index (χ4v) is 3.12. The highest BCUT2D eigenvalue weighted by Crippen LogP contribution is 2.44. The van der Waals surface area contributed by atoms with E-state index in [0.29, 0.717) is 13.0 Å². The van der Waals surface area contributed by atoms with Crippen molar-refractivity contribution in [2.24, 2.45) is 0 Å². The van der Waals surface area contributed by atoms with Crippen LogP contribution in [0.2, 0.25) is 0 Å². The first-order valence-electron chi connectivity index (χ1n) is 6.75. The number of ether oxygens (including phenoxy) is 2. The van der Waals surface area contributed by atoms with Gasteiger partial charge >= 0.3 is 0 Å². The first kappa shape index (κ1) is 12.9. The van der Waals surface area contributed by atoms with Crippen molar-refractivity contribution < 1.29 is 14.6 Å². The summed E-state index contributed by atoms with van der Waals surface area (Å²) in [6, 6.07) is 10.00. The first-order chi connectivity index (χ1) is 9.01. The maximum Gasteiger partial charge on any atom is 0.116 e. The average molecular weight is 260 g/mol. The second-order valence-electron chi connectivity index (χ2n) is 5.92. The van der Waals surface area contributed by atoms with Crippen LogP contribution < -0.4 is 0 Å². The van der Waals surface area contributed by atoms with Crippen LogP contribution in [-0.4, -0.2) is 28.5 Å². The Labute approximate surface area is 113 Å². The molecule has 0 aliphatic carbocycles. The summed E-state index contributed by atoms with van der Waals surface area (Å²) in [4.78, 5) is 0. The Bertz CT molecular complexity index is 484. The van der Waals surface area contributed by atoms with Crippen LogP contribution in [0, 0.1) is 0 Å². The Kier molecular flexibility index (Phi) is 3.01. The molecule has 1 aromatic carbocycles. The SMILES string of the molecule is C[C@]12C=C[C@](C)(O1)[C@@H](OCc1ccccc1)[C@@H](O)C2. The molecule has 3 rings (SSSR count). The number of benzene rings is 1. The van der Waals surface area contributed by atoms with E-state index in [0.717, 1.165) is 5.56 Å². The molecule has 1 N–H and O–H groups in total. The maximum absolute atomic E-state index is 10.3. The van der Waals surface area contributed by atoms with Crippen molar-refractivity contribution in [1.29, 1.82) is 0 Å². The zero-order valence-electron chi connectivity index (χ0n) is 11.4. The van der Waals surface area contributed by atoms with E-state index in [1.165, 1.54) is 0 Å². The number of rotatable bonds is 3. The van der Waals surface area contributed by atoms with Crippen molar-refractivity contribution in [3.8, 4) is 0 Å². The van der Waals surface area contributed by atoms with Crippen molar-refractivity contribution >= 4 is 0 Å². The minimum atomic E-state index is -0.527. The molecule has 0 amide bonds. The molecule has 3 heteroatoms. The third kappa shape index (κ3) is 2.34.